The van der Waals surface area contributed by atoms with Gasteiger partial charge >= 0.3 is 0 Å². The van der Waals surface area contributed by atoms with Gasteiger partial charge in [-0.25, -0.2) is 0 Å². The van der Waals surface area contributed by atoms with Crippen LogP contribution in [0.25, 0.3) is 0 Å². The van der Waals surface area contributed by atoms with Gasteiger partial charge in [0.05, 0.1) is 6.10 Å². The van der Waals surface area contributed by atoms with Crippen LogP contribution in [0.2, 0.25) is 0 Å². The summed E-state index contributed by atoms with van der Waals surface area (Å²) in [5, 5.41) is 0. The number of hydrogen-bond acceptors (Lipinski definition) is 3. The van der Waals surface area contributed by atoms with Gasteiger partial charge in [-0.2, -0.15) is 0 Å². The lowest BCUT2D eigenvalue weighted by atomic mass is 10.0. The Morgan fingerprint density at radius 1 is 1.50 bits per heavy atom. The summed E-state index contributed by atoms with van der Waals surface area (Å²) in [6.07, 6.45) is 5.66. The van der Waals surface area contributed by atoms with Gasteiger partial charge in [0.2, 0.25) is 0 Å². The number of rotatable bonds is 5. The van der Waals surface area contributed by atoms with Crippen LogP contribution in [0.15, 0.2) is 0 Å². The molecule has 2 aliphatic rings. The summed E-state index contributed by atoms with van der Waals surface area (Å²) in [5.74, 6) is 0. The maximum absolute atomic E-state index is 5.64. The van der Waals surface area contributed by atoms with Crippen molar-refractivity contribution < 1.29 is 4.74 Å². The van der Waals surface area contributed by atoms with Crippen molar-refractivity contribution in [3.8, 4) is 0 Å². The Bertz CT molecular complexity index is 192. The SMILES string of the molecule is COC1CCN(CC2(CCN)CC2)C1. The summed E-state index contributed by atoms with van der Waals surface area (Å²) in [4.78, 5) is 2.55. The minimum Gasteiger partial charge on any atom is -0.380 e. The van der Waals surface area contributed by atoms with Crippen molar-refractivity contribution in [3.05, 3.63) is 0 Å². The molecule has 1 saturated heterocycles. The van der Waals surface area contributed by atoms with Crippen LogP contribution in [0.3, 0.4) is 0 Å². The van der Waals surface area contributed by atoms with E-state index in [0.29, 0.717) is 11.5 Å². The van der Waals surface area contributed by atoms with E-state index >= 15 is 0 Å². The highest BCUT2D eigenvalue weighted by Crippen LogP contribution is 2.49. The molecule has 0 aromatic carbocycles. The molecule has 0 bridgehead atoms. The Labute approximate surface area is 86.6 Å². The van der Waals surface area contributed by atoms with Crippen molar-refractivity contribution in [1.82, 2.24) is 4.90 Å². The van der Waals surface area contributed by atoms with Crippen LogP contribution in [0.5, 0.6) is 0 Å². The van der Waals surface area contributed by atoms with E-state index in [1.54, 1.807) is 0 Å². The van der Waals surface area contributed by atoms with Crippen LogP contribution in [0.1, 0.15) is 25.7 Å². The summed E-state index contributed by atoms with van der Waals surface area (Å²) in [5.41, 5.74) is 6.23. The van der Waals surface area contributed by atoms with Gasteiger partial charge in [0.1, 0.15) is 0 Å². The molecule has 0 radical (unpaired) electrons. The average molecular weight is 198 g/mol. The fraction of sp³-hybridized carbons (Fsp3) is 1.00. The monoisotopic (exact) mass is 198 g/mol. The largest absolute Gasteiger partial charge is 0.380 e. The van der Waals surface area contributed by atoms with Crippen molar-refractivity contribution >= 4 is 0 Å². The van der Waals surface area contributed by atoms with Crippen molar-refractivity contribution in [1.29, 1.82) is 0 Å². The number of ether oxygens (including phenoxy) is 1. The highest BCUT2D eigenvalue weighted by atomic mass is 16.5. The number of likely N-dealkylation sites (tertiary alicyclic amines) is 1. The van der Waals surface area contributed by atoms with Crippen LogP contribution in [0.4, 0.5) is 0 Å². The van der Waals surface area contributed by atoms with E-state index in [9.17, 15) is 0 Å². The molecule has 2 N–H and O–H groups in total. The number of nitrogens with two attached hydrogens (primary N) is 1. The predicted molar refractivity (Wildman–Crippen MR) is 57.2 cm³/mol. The van der Waals surface area contributed by atoms with E-state index in [4.69, 9.17) is 10.5 Å². The minimum atomic E-state index is 0.476. The molecule has 14 heavy (non-hydrogen) atoms. The van der Waals surface area contributed by atoms with E-state index in [2.05, 4.69) is 4.90 Å². The van der Waals surface area contributed by atoms with E-state index < -0.39 is 0 Å². The maximum atomic E-state index is 5.64. The van der Waals surface area contributed by atoms with Gasteiger partial charge in [0, 0.05) is 26.7 Å². The molecular formula is C11H22N2O. The van der Waals surface area contributed by atoms with E-state index in [0.717, 1.165) is 13.1 Å². The zero-order chi connectivity index (χ0) is 10.0. The first-order valence-electron chi connectivity index (χ1n) is 5.73. The fourth-order valence-electron chi connectivity index (χ4n) is 2.58. The summed E-state index contributed by atoms with van der Waals surface area (Å²) in [6.45, 7) is 4.44. The average Bonchev–Trinajstić information content (AvgIpc) is 2.78. The van der Waals surface area contributed by atoms with Crippen LogP contribution in [-0.4, -0.2) is 44.3 Å². The molecule has 1 heterocycles. The Hall–Kier alpha value is -0.120. The van der Waals surface area contributed by atoms with E-state index in [1.807, 2.05) is 7.11 Å². The fourth-order valence-corrected chi connectivity index (χ4v) is 2.58. The Morgan fingerprint density at radius 3 is 2.79 bits per heavy atom. The van der Waals surface area contributed by atoms with Gasteiger partial charge in [-0.05, 0) is 37.6 Å². The molecule has 3 heteroatoms. The lowest BCUT2D eigenvalue weighted by Crippen LogP contribution is -2.30. The third-order valence-electron chi connectivity index (χ3n) is 3.75. The van der Waals surface area contributed by atoms with Crippen molar-refractivity contribution in [2.75, 3.05) is 33.3 Å². The zero-order valence-corrected chi connectivity index (χ0v) is 9.17. The van der Waals surface area contributed by atoms with Crippen LogP contribution in [0, 0.1) is 5.41 Å². The highest BCUT2D eigenvalue weighted by molar-refractivity contribution is 4.96. The van der Waals surface area contributed by atoms with Crippen molar-refractivity contribution in [3.63, 3.8) is 0 Å². The second kappa shape index (κ2) is 4.17. The predicted octanol–water partition coefficient (Wildman–Crippen LogP) is 0.836. The summed E-state index contributed by atoms with van der Waals surface area (Å²) in [6, 6.07) is 0. The lowest BCUT2D eigenvalue weighted by molar-refractivity contribution is 0.104. The van der Waals surface area contributed by atoms with Crippen LogP contribution >= 0.6 is 0 Å². The quantitative estimate of drug-likeness (QED) is 0.711. The number of hydrogen-bond donors (Lipinski definition) is 1. The standard InChI is InChI=1S/C11H22N2O/c1-14-10-2-7-13(8-10)9-11(3-4-11)5-6-12/h10H,2-9,12H2,1H3. The van der Waals surface area contributed by atoms with Gasteiger partial charge in [-0.15, -0.1) is 0 Å². The zero-order valence-electron chi connectivity index (χ0n) is 9.17. The molecule has 2 rings (SSSR count). The van der Waals surface area contributed by atoms with E-state index in [1.165, 1.54) is 38.8 Å². The third-order valence-corrected chi connectivity index (χ3v) is 3.75. The topological polar surface area (TPSA) is 38.5 Å². The minimum absolute atomic E-state index is 0.476. The van der Waals surface area contributed by atoms with Gasteiger partial charge in [-0.3, -0.25) is 0 Å². The molecule has 0 aromatic rings. The molecule has 1 aliphatic carbocycles. The first-order valence-corrected chi connectivity index (χ1v) is 5.73. The molecule has 0 spiro atoms. The molecule has 0 amide bonds. The van der Waals surface area contributed by atoms with Gasteiger partial charge in [0.25, 0.3) is 0 Å². The number of nitrogens with zero attached hydrogens (tertiary/aromatic N) is 1. The van der Waals surface area contributed by atoms with E-state index in [-0.39, 0.29) is 0 Å². The Balaban J connectivity index is 1.76. The molecule has 1 unspecified atom stereocenters. The summed E-state index contributed by atoms with van der Waals surface area (Å²) < 4.78 is 5.37. The van der Waals surface area contributed by atoms with Crippen LogP contribution < -0.4 is 5.73 Å². The van der Waals surface area contributed by atoms with Gasteiger partial charge in [0.15, 0.2) is 0 Å². The maximum Gasteiger partial charge on any atom is 0.0710 e. The normalized spacial score (nSPS) is 30.9. The molecule has 82 valence electrons. The lowest BCUT2D eigenvalue weighted by Gasteiger charge is -2.22. The molecule has 0 aromatic heterocycles. The first kappa shape index (κ1) is 10.4. The number of methoxy groups -OCH3 is 1. The smallest absolute Gasteiger partial charge is 0.0710 e. The summed E-state index contributed by atoms with van der Waals surface area (Å²) >= 11 is 0. The van der Waals surface area contributed by atoms with Crippen molar-refractivity contribution in [2.24, 2.45) is 11.1 Å². The molecule has 1 atom stereocenters. The molecule has 3 nitrogen and oxygen atoms in total. The molecule has 1 aliphatic heterocycles. The Morgan fingerprint density at radius 2 is 2.29 bits per heavy atom. The second-order valence-corrected chi connectivity index (χ2v) is 4.92. The molecule has 2 fully saturated rings. The third kappa shape index (κ3) is 2.27. The summed E-state index contributed by atoms with van der Waals surface area (Å²) in [7, 11) is 1.82. The first-order chi connectivity index (χ1) is 6.78. The second-order valence-electron chi connectivity index (χ2n) is 4.92. The Kier molecular flexibility index (Phi) is 3.10. The van der Waals surface area contributed by atoms with Crippen molar-refractivity contribution in [2.45, 2.75) is 31.8 Å². The highest BCUT2D eigenvalue weighted by Gasteiger charge is 2.43. The van der Waals surface area contributed by atoms with Crippen LogP contribution in [-0.2, 0) is 4.74 Å². The molecule has 1 saturated carbocycles. The van der Waals surface area contributed by atoms with Gasteiger partial charge in [-0.1, -0.05) is 0 Å². The van der Waals surface area contributed by atoms with Gasteiger partial charge < -0.3 is 15.4 Å². The molecular weight excluding hydrogens is 176 g/mol.